The largest absolute Gasteiger partial charge is 0.383 e. The second kappa shape index (κ2) is 1.72. The minimum atomic E-state index is 0.784. The summed E-state index contributed by atoms with van der Waals surface area (Å²) in [4.78, 5) is 4.15. The summed E-state index contributed by atoms with van der Waals surface area (Å²) in [5.41, 5.74) is 2.01. The van der Waals surface area contributed by atoms with Crippen LogP contribution in [0.15, 0.2) is 18.3 Å². The fourth-order valence-electron chi connectivity index (χ4n) is 1.05. The van der Waals surface area contributed by atoms with Crippen LogP contribution in [0.2, 0.25) is 1.41 Å². The number of hydrogen-bond acceptors (Lipinski definition) is 2. The van der Waals surface area contributed by atoms with Crippen molar-refractivity contribution >= 4 is 5.69 Å². The molecule has 1 aromatic rings. The molecule has 2 heteroatoms. The molecule has 0 fully saturated rings. The number of hydrogen-bond donors (Lipinski definition) is 1. The Kier molecular flexibility index (Phi) is 0.743. The normalized spacial score (nSPS) is 17.3. The van der Waals surface area contributed by atoms with Gasteiger partial charge in [-0.15, -0.1) is 0 Å². The van der Waals surface area contributed by atoms with Crippen LogP contribution in [0, 0.1) is 0 Å². The van der Waals surface area contributed by atoms with Gasteiger partial charge in [0.1, 0.15) is 0 Å². The molecule has 0 saturated heterocycles. The summed E-state index contributed by atoms with van der Waals surface area (Å²) in [5, 5.41) is 1.49. The van der Waals surface area contributed by atoms with Crippen LogP contribution in [0.1, 0.15) is 5.69 Å². The van der Waals surface area contributed by atoms with E-state index in [-0.39, 0.29) is 0 Å². The molecule has 0 saturated carbocycles. The van der Waals surface area contributed by atoms with E-state index in [0.717, 1.165) is 24.3 Å². The molecule has 1 aliphatic rings. The number of anilines is 1. The maximum atomic E-state index is 7.41. The minimum Gasteiger partial charge on any atom is -0.383 e. The van der Waals surface area contributed by atoms with Gasteiger partial charge in [0, 0.05) is 19.2 Å². The van der Waals surface area contributed by atoms with Gasteiger partial charge in [-0.1, -0.05) is 0 Å². The van der Waals surface area contributed by atoms with Crippen LogP contribution in [-0.2, 0) is 6.42 Å². The fourth-order valence-corrected chi connectivity index (χ4v) is 1.05. The molecule has 0 aromatic carbocycles. The van der Waals surface area contributed by atoms with Crippen molar-refractivity contribution < 1.29 is 1.41 Å². The molecule has 0 bridgehead atoms. The SMILES string of the molecule is [2H]N1CCc2ncccc21. The van der Waals surface area contributed by atoms with E-state index >= 15 is 0 Å². The zero-order valence-electron chi connectivity index (χ0n) is 6.04. The second-order valence-corrected chi connectivity index (χ2v) is 2.10. The number of nitrogens with zero attached hydrogens (tertiary/aromatic N) is 1. The molecule has 0 aliphatic carbocycles. The Morgan fingerprint density at radius 1 is 1.78 bits per heavy atom. The number of nitrogens with one attached hydrogen (secondary N) is 1. The molecule has 0 atom stereocenters. The predicted octanol–water partition coefficient (Wildman–Crippen LogP) is 1.05. The van der Waals surface area contributed by atoms with Crippen molar-refractivity contribution in [3.63, 3.8) is 0 Å². The molecule has 2 heterocycles. The third-order valence-electron chi connectivity index (χ3n) is 1.50. The molecule has 1 N–H and O–H groups in total. The monoisotopic (exact) mass is 121 g/mol. The molecule has 0 amide bonds. The summed E-state index contributed by atoms with van der Waals surface area (Å²) >= 11 is 0. The summed E-state index contributed by atoms with van der Waals surface area (Å²) in [6, 6.07) is 3.80. The van der Waals surface area contributed by atoms with E-state index in [0.29, 0.717) is 0 Å². The molecule has 2 rings (SSSR count). The Morgan fingerprint density at radius 3 is 3.67 bits per heavy atom. The Balaban J connectivity index is 2.51. The summed E-state index contributed by atoms with van der Waals surface area (Å²) < 4.78 is 7.41. The van der Waals surface area contributed by atoms with Crippen LogP contribution in [-0.4, -0.2) is 11.5 Å². The summed E-state index contributed by atoms with van der Waals surface area (Å²) in [7, 11) is 0. The number of rotatable bonds is 0. The molecule has 2 nitrogen and oxygen atoms in total. The summed E-state index contributed by atoms with van der Waals surface area (Å²) in [5.74, 6) is 0. The zero-order valence-corrected chi connectivity index (χ0v) is 5.04. The summed E-state index contributed by atoms with van der Waals surface area (Å²) in [6.07, 6.45) is 2.69. The lowest BCUT2D eigenvalue weighted by atomic mass is 10.3. The van der Waals surface area contributed by atoms with Crippen molar-refractivity contribution in [2.75, 3.05) is 11.9 Å². The van der Waals surface area contributed by atoms with Gasteiger partial charge in [0.2, 0.25) is 0 Å². The van der Waals surface area contributed by atoms with Crippen LogP contribution in [0.25, 0.3) is 0 Å². The highest BCUT2D eigenvalue weighted by Crippen LogP contribution is 2.17. The maximum absolute atomic E-state index is 7.41. The van der Waals surface area contributed by atoms with Crippen molar-refractivity contribution in [2.45, 2.75) is 6.42 Å². The first-order valence-electron chi connectivity index (χ1n) is 3.53. The third-order valence-corrected chi connectivity index (χ3v) is 1.50. The second-order valence-electron chi connectivity index (χ2n) is 2.10. The summed E-state index contributed by atoms with van der Waals surface area (Å²) in [6.45, 7) is 0.784. The molecule has 0 unspecified atom stereocenters. The topological polar surface area (TPSA) is 24.9 Å². The Morgan fingerprint density at radius 2 is 2.78 bits per heavy atom. The molecular weight excluding hydrogens is 112 g/mol. The molecule has 0 radical (unpaired) electrons. The van der Waals surface area contributed by atoms with Crippen LogP contribution in [0.3, 0.4) is 0 Å². The Bertz CT molecular complexity index is 249. The smallest absolute Gasteiger partial charge is 0.160 e. The lowest BCUT2D eigenvalue weighted by Gasteiger charge is -1.93. The van der Waals surface area contributed by atoms with Gasteiger partial charge in [-0.2, -0.15) is 0 Å². The lowest BCUT2D eigenvalue weighted by Crippen LogP contribution is -1.90. The minimum absolute atomic E-state index is 0.784. The first-order chi connectivity index (χ1) is 4.88. The molecule has 0 spiro atoms. The van der Waals surface area contributed by atoms with Gasteiger partial charge in [0.15, 0.2) is 1.41 Å². The van der Waals surface area contributed by atoms with Gasteiger partial charge in [0.25, 0.3) is 0 Å². The van der Waals surface area contributed by atoms with Gasteiger partial charge in [-0.3, -0.25) is 4.98 Å². The van der Waals surface area contributed by atoms with E-state index < -0.39 is 0 Å². The van der Waals surface area contributed by atoms with Crippen LogP contribution in [0.5, 0.6) is 0 Å². The van der Waals surface area contributed by atoms with E-state index in [9.17, 15) is 0 Å². The highest BCUT2D eigenvalue weighted by Gasteiger charge is 2.07. The van der Waals surface area contributed by atoms with E-state index in [4.69, 9.17) is 1.41 Å². The van der Waals surface area contributed by atoms with Gasteiger partial charge in [0.05, 0.1) is 11.4 Å². The molecule has 1 aromatic heterocycles. The average Bonchev–Trinajstić information content (AvgIpc) is 2.34. The Hall–Kier alpha value is -1.05. The van der Waals surface area contributed by atoms with Crippen molar-refractivity contribution in [3.8, 4) is 0 Å². The zero-order chi connectivity index (χ0) is 6.97. The van der Waals surface area contributed by atoms with Gasteiger partial charge < -0.3 is 5.31 Å². The highest BCUT2D eigenvalue weighted by atomic mass is 14.9. The first kappa shape index (κ1) is 3.88. The van der Waals surface area contributed by atoms with Gasteiger partial charge >= 0.3 is 0 Å². The fraction of sp³-hybridized carbons (Fsp3) is 0.286. The molecule has 9 heavy (non-hydrogen) atoms. The van der Waals surface area contributed by atoms with Crippen molar-refractivity contribution in [3.05, 3.63) is 24.0 Å². The van der Waals surface area contributed by atoms with E-state index in [1.807, 2.05) is 12.1 Å². The number of aromatic nitrogens is 1. The van der Waals surface area contributed by atoms with Gasteiger partial charge in [-0.25, -0.2) is 0 Å². The maximum Gasteiger partial charge on any atom is 0.160 e. The van der Waals surface area contributed by atoms with E-state index in [2.05, 4.69) is 4.98 Å². The number of fused-ring (bicyclic) bond motifs is 1. The Labute approximate surface area is 55.4 Å². The number of pyridine rings is 1. The molecular formula is C7H8N2. The van der Waals surface area contributed by atoms with Crippen LogP contribution >= 0.6 is 0 Å². The van der Waals surface area contributed by atoms with Crippen molar-refractivity contribution in [2.24, 2.45) is 0 Å². The quantitative estimate of drug-likeness (QED) is 0.555. The van der Waals surface area contributed by atoms with Crippen LogP contribution < -0.4 is 5.31 Å². The first-order valence-corrected chi connectivity index (χ1v) is 3.08. The van der Waals surface area contributed by atoms with Gasteiger partial charge in [-0.05, 0) is 12.1 Å². The van der Waals surface area contributed by atoms with E-state index in [1.54, 1.807) is 6.20 Å². The van der Waals surface area contributed by atoms with Crippen molar-refractivity contribution in [1.82, 2.24) is 4.98 Å². The third kappa shape index (κ3) is 0.669. The average molecular weight is 121 g/mol. The van der Waals surface area contributed by atoms with Crippen molar-refractivity contribution in [1.29, 1.82) is 0 Å². The standard InChI is InChI=1S/C7H8N2/c1-2-6-7(8-4-1)3-5-9-6/h1-2,4,9H,3,5H2/i/hD. The lowest BCUT2D eigenvalue weighted by molar-refractivity contribution is 1.04. The predicted molar refractivity (Wildman–Crippen MR) is 36.4 cm³/mol. The molecule has 46 valence electrons. The molecule has 1 aliphatic heterocycles. The van der Waals surface area contributed by atoms with Crippen LogP contribution in [0.4, 0.5) is 5.69 Å². The van der Waals surface area contributed by atoms with E-state index in [1.165, 1.54) is 5.31 Å². The highest BCUT2D eigenvalue weighted by molar-refractivity contribution is 5.51.